The maximum Gasteiger partial charge on any atom is 0.435 e. The predicted molar refractivity (Wildman–Crippen MR) is 108 cm³/mol. The van der Waals surface area contributed by atoms with E-state index in [1.807, 2.05) is 6.07 Å². The number of hydrogen-bond donors (Lipinski definition) is 1. The molecule has 7 nitrogen and oxygen atoms in total. The molecule has 0 aliphatic rings. The van der Waals surface area contributed by atoms with E-state index in [4.69, 9.17) is 4.74 Å². The molecule has 11 heteroatoms. The van der Waals surface area contributed by atoms with Crippen LogP contribution in [0.5, 0.6) is 5.75 Å². The summed E-state index contributed by atoms with van der Waals surface area (Å²) in [6, 6.07) is 11.8. The van der Waals surface area contributed by atoms with Gasteiger partial charge in [-0.3, -0.25) is 9.36 Å². The fraction of sp³-hybridized carbons (Fsp3) is 0.200. The van der Waals surface area contributed by atoms with E-state index in [2.05, 4.69) is 14.3 Å². The number of aromatic hydroxyl groups is 1. The number of benzene rings is 1. The first-order chi connectivity index (χ1) is 14.8. The largest absolute Gasteiger partial charge is 0.506 e. The maximum atomic E-state index is 13.5. The Hall–Kier alpha value is -3.31. The molecule has 0 fully saturated rings. The lowest BCUT2D eigenvalue weighted by atomic mass is 10.1. The number of hydrogen-bond acceptors (Lipinski definition) is 7. The number of ether oxygens (including phenoxy) is 1. The van der Waals surface area contributed by atoms with Crippen molar-refractivity contribution in [3.8, 4) is 17.3 Å². The van der Waals surface area contributed by atoms with Crippen LogP contribution in [0.15, 0.2) is 53.5 Å². The highest BCUT2D eigenvalue weighted by molar-refractivity contribution is 7.12. The molecule has 3 aromatic heterocycles. The van der Waals surface area contributed by atoms with Crippen LogP contribution in [-0.2, 0) is 17.3 Å². The maximum absolute atomic E-state index is 13.5. The molecule has 0 radical (unpaired) electrons. The average Bonchev–Trinajstić information content (AvgIpc) is 3.18. The molecule has 4 rings (SSSR count). The second kappa shape index (κ2) is 8.08. The lowest BCUT2D eigenvalue weighted by Gasteiger charge is -2.22. The van der Waals surface area contributed by atoms with Gasteiger partial charge in [-0.2, -0.15) is 17.5 Å². The average molecular weight is 448 g/mol. The van der Waals surface area contributed by atoms with Crippen LogP contribution < -0.4 is 5.56 Å². The van der Waals surface area contributed by atoms with Crippen LogP contribution in [0.3, 0.4) is 0 Å². The Morgan fingerprint density at radius 2 is 1.94 bits per heavy atom. The number of aromatic nitrogens is 4. The van der Waals surface area contributed by atoms with Crippen LogP contribution in [0.4, 0.5) is 13.2 Å². The summed E-state index contributed by atoms with van der Waals surface area (Å²) in [7, 11) is 1.34. The van der Waals surface area contributed by atoms with Crippen LogP contribution in [0.2, 0.25) is 0 Å². The monoisotopic (exact) mass is 448 g/mol. The van der Waals surface area contributed by atoms with Gasteiger partial charge in [0.1, 0.15) is 23.1 Å². The van der Waals surface area contributed by atoms with Crippen LogP contribution in [0, 0.1) is 0 Å². The molecule has 1 atom stereocenters. The standard InChI is InChI=1S/C20H15F3N4O3S/c1-30-13(10-11-6-3-2-4-7-11)27-17(15-12(28)8-5-9-24-15)25-18-14(19(27)29)16(26-31-18)20(21,22)23/h2-9,13,28H,10H2,1H3. The zero-order valence-corrected chi connectivity index (χ0v) is 16.8. The van der Waals surface area contributed by atoms with E-state index in [1.165, 1.54) is 25.4 Å². The van der Waals surface area contributed by atoms with Crippen LogP contribution in [0.1, 0.15) is 17.5 Å². The third-order valence-corrected chi connectivity index (χ3v) is 5.36. The van der Waals surface area contributed by atoms with Gasteiger partial charge in [0.25, 0.3) is 5.56 Å². The Morgan fingerprint density at radius 3 is 2.58 bits per heavy atom. The highest BCUT2D eigenvalue weighted by Crippen LogP contribution is 2.36. The number of halogens is 3. The van der Waals surface area contributed by atoms with Gasteiger partial charge in [0.15, 0.2) is 16.3 Å². The number of alkyl halides is 3. The minimum atomic E-state index is -4.83. The Labute approximate surface area is 177 Å². The lowest BCUT2D eigenvalue weighted by molar-refractivity contribution is -0.139. The minimum absolute atomic E-state index is 0.0569. The molecule has 0 aliphatic heterocycles. The zero-order chi connectivity index (χ0) is 22.2. The van der Waals surface area contributed by atoms with E-state index in [-0.39, 0.29) is 28.5 Å². The molecule has 4 aromatic rings. The van der Waals surface area contributed by atoms with Gasteiger partial charge in [-0.25, -0.2) is 9.97 Å². The van der Waals surface area contributed by atoms with Crippen molar-refractivity contribution >= 4 is 21.7 Å². The molecule has 0 bridgehead atoms. The number of rotatable bonds is 5. The molecule has 160 valence electrons. The van der Waals surface area contributed by atoms with E-state index in [0.717, 1.165) is 10.1 Å². The number of methoxy groups -OCH3 is 1. The van der Waals surface area contributed by atoms with E-state index >= 15 is 0 Å². The van der Waals surface area contributed by atoms with Crippen molar-refractivity contribution in [2.75, 3.05) is 7.11 Å². The molecule has 0 saturated heterocycles. The Bertz CT molecular complexity index is 1290. The van der Waals surface area contributed by atoms with Gasteiger partial charge in [0.05, 0.1) is 0 Å². The quantitative estimate of drug-likeness (QED) is 0.496. The summed E-state index contributed by atoms with van der Waals surface area (Å²) in [6.07, 6.45) is -4.29. The second-order valence-electron chi connectivity index (χ2n) is 6.57. The predicted octanol–water partition coefficient (Wildman–Crippen LogP) is 4.03. The Morgan fingerprint density at radius 1 is 1.19 bits per heavy atom. The van der Waals surface area contributed by atoms with Crippen LogP contribution >= 0.6 is 11.5 Å². The van der Waals surface area contributed by atoms with Gasteiger partial charge >= 0.3 is 6.18 Å². The normalized spacial score (nSPS) is 12.9. The third kappa shape index (κ3) is 3.89. The van der Waals surface area contributed by atoms with Crippen molar-refractivity contribution < 1.29 is 23.0 Å². The van der Waals surface area contributed by atoms with Crippen LogP contribution in [0.25, 0.3) is 21.7 Å². The molecule has 3 heterocycles. The van der Waals surface area contributed by atoms with E-state index in [1.54, 1.807) is 24.3 Å². The summed E-state index contributed by atoms with van der Waals surface area (Å²) in [4.78, 5) is 21.4. The lowest BCUT2D eigenvalue weighted by Crippen LogP contribution is -2.31. The summed E-state index contributed by atoms with van der Waals surface area (Å²) in [5, 5.41) is 9.63. The van der Waals surface area contributed by atoms with Gasteiger partial charge in [0.2, 0.25) is 0 Å². The smallest absolute Gasteiger partial charge is 0.435 e. The number of fused-ring (bicyclic) bond motifs is 1. The zero-order valence-electron chi connectivity index (χ0n) is 16.0. The molecule has 31 heavy (non-hydrogen) atoms. The molecule has 0 aliphatic carbocycles. The summed E-state index contributed by atoms with van der Waals surface area (Å²) in [6.45, 7) is 0. The molecule has 0 saturated carbocycles. The van der Waals surface area contributed by atoms with Crippen molar-refractivity contribution in [3.05, 3.63) is 70.3 Å². The fourth-order valence-electron chi connectivity index (χ4n) is 3.21. The highest BCUT2D eigenvalue weighted by atomic mass is 32.1. The van der Waals surface area contributed by atoms with Gasteiger partial charge in [-0.15, -0.1) is 0 Å². The van der Waals surface area contributed by atoms with Crippen molar-refractivity contribution in [3.63, 3.8) is 0 Å². The fourth-order valence-corrected chi connectivity index (χ4v) is 3.98. The SMILES string of the molecule is COC(Cc1ccccc1)n1c(-c2ncccc2O)nc2snc(C(F)(F)F)c2c1=O. The molecule has 0 spiro atoms. The van der Waals surface area contributed by atoms with E-state index < -0.39 is 29.0 Å². The van der Waals surface area contributed by atoms with E-state index in [0.29, 0.717) is 11.5 Å². The van der Waals surface area contributed by atoms with Gasteiger partial charge in [-0.05, 0) is 29.2 Å². The van der Waals surface area contributed by atoms with Crippen LogP contribution in [-0.4, -0.2) is 31.1 Å². The van der Waals surface area contributed by atoms with Crippen molar-refractivity contribution in [2.45, 2.75) is 18.8 Å². The molecular formula is C20H15F3N4O3S. The topological polar surface area (TPSA) is 90.1 Å². The molecule has 1 unspecified atom stereocenters. The first-order valence-electron chi connectivity index (χ1n) is 9.01. The van der Waals surface area contributed by atoms with Crippen molar-refractivity contribution in [1.82, 2.24) is 18.9 Å². The third-order valence-electron chi connectivity index (χ3n) is 4.62. The minimum Gasteiger partial charge on any atom is -0.506 e. The van der Waals surface area contributed by atoms with E-state index in [9.17, 15) is 23.1 Å². The molecule has 1 N–H and O–H groups in total. The number of pyridine rings is 1. The Balaban J connectivity index is 2.02. The molecule has 0 amide bonds. The first-order valence-corrected chi connectivity index (χ1v) is 9.78. The summed E-state index contributed by atoms with van der Waals surface area (Å²) in [5.74, 6) is -0.395. The van der Waals surface area contributed by atoms with Crippen molar-refractivity contribution in [2.24, 2.45) is 0 Å². The molecular weight excluding hydrogens is 433 g/mol. The van der Waals surface area contributed by atoms with Crippen molar-refractivity contribution in [1.29, 1.82) is 0 Å². The van der Waals surface area contributed by atoms with Gasteiger partial charge in [-0.1, -0.05) is 30.3 Å². The number of nitrogens with zero attached hydrogens (tertiary/aromatic N) is 4. The summed E-state index contributed by atoms with van der Waals surface area (Å²) in [5.41, 5.74) is -1.55. The summed E-state index contributed by atoms with van der Waals surface area (Å²) < 4.78 is 50.3. The first kappa shape index (κ1) is 20.9. The van der Waals surface area contributed by atoms with Gasteiger partial charge < -0.3 is 9.84 Å². The summed E-state index contributed by atoms with van der Waals surface area (Å²) >= 11 is 0.457. The highest BCUT2D eigenvalue weighted by Gasteiger charge is 2.39. The second-order valence-corrected chi connectivity index (χ2v) is 7.32. The molecule has 1 aromatic carbocycles. The Kier molecular flexibility index (Phi) is 5.46. The van der Waals surface area contributed by atoms with Gasteiger partial charge in [0, 0.05) is 19.7 Å².